The second kappa shape index (κ2) is 7.45. The zero-order valence-electron chi connectivity index (χ0n) is 14.2. The highest BCUT2D eigenvalue weighted by atomic mass is 16.5. The van der Waals surface area contributed by atoms with E-state index in [-0.39, 0.29) is 11.9 Å². The van der Waals surface area contributed by atoms with Gasteiger partial charge in [0.25, 0.3) is 0 Å². The Morgan fingerprint density at radius 1 is 1.39 bits per heavy atom. The zero-order chi connectivity index (χ0) is 16.2. The fourth-order valence-corrected chi connectivity index (χ4v) is 3.64. The maximum Gasteiger partial charge on any atom is 0.220 e. The van der Waals surface area contributed by atoms with E-state index in [9.17, 15) is 4.79 Å². The molecule has 2 saturated heterocycles. The third-order valence-electron chi connectivity index (χ3n) is 4.92. The monoisotopic (exact) mass is 321 g/mol. The summed E-state index contributed by atoms with van der Waals surface area (Å²) < 4.78 is 11.0. The average Bonchev–Trinajstić information content (AvgIpc) is 3.15. The van der Waals surface area contributed by atoms with Crippen LogP contribution in [0, 0.1) is 12.8 Å². The van der Waals surface area contributed by atoms with E-state index in [0.29, 0.717) is 12.4 Å². The van der Waals surface area contributed by atoms with Crippen molar-refractivity contribution in [3.05, 3.63) is 17.8 Å². The number of amides is 1. The van der Waals surface area contributed by atoms with Crippen molar-refractivity contribution in [1.29, 1.82) is 0 Å². The highest BCUT2D eigenvalue weighted by molar-refractivity contribution is 5.73. The maximum atomic E-state index is 12.1. The standard InChI is InChI=1S/C17H27N3O3/c1-13-9-18-17(23-13)12-20(14(2)21)16-3-6-19(11-16)10-15-4-7-22-8-5-15/h9,15-16H,3-8,10-12H2,1-2H3. The molecule has 1 atom stereocenters. The fraction of sp³-hybridized carbons (Fsp3) is 0.765. The van der Waals surface area contributed by atoms with E-state index in [1.807, 2.05) is 11.8 Å². The van der Waals surface area contributed by atoms with Crippen LogP contribution in [0.2, 0.25) is 0 Å². The summed E-state index contributed by atoms with van der Waals surface area (Å²) in [5, 5.41) is 0. The second-order valence-electron chi connectivity index (χ2n) is 6.77. The van der Waals surface area contributed by atoms with Gasteiger partial charge in [0.1, 0.15) is 5.76 Å². The molecule has 0 aliphatic carbocycles. The number of oxazole rings is 1. The van der Waals surface area contributed by atoms with E-state index in [1.165, 1.54) is 0 Å². The lowest BCUT2D eigenvalue weighted by atomic mass is 10.00. The Balaban J connectivity index is 1.55. The predicted molar refractivity (Wildman–Crippen MR) is 85.9 cm³/mol. The van der Waals surface area contributed by atoms with Gasteiger partial charge in [0, 0.05) is 45.8 Å². The van der Waals surface area contributed by atoms with Crippen molar-refractivity contribution < 1.29 is 13.9 Å². The highest BCUT2D eigenvalue weighted by Gasteiger charge is 2.31. The molecular formula is C17H27N3O3. The topological polar surface area (TPSA) is 58.8 Å². The third-order valence-corrected chi connectivity index (χ3v) is 4.92. The largest absolute Gasteiger partial charge is 0.444 e. The Hall–Kier alpha value is -1.40. The van der Waals surface area contributed by atoms with Gasteiger partial charge in [0.15, 0.2) is 0 Å². The first-order valence-electron chi connectivity index (χ1n) is 8.60. The molecule has 6 heteroatoms. The number of hydrogen-bond donors (Lipinski definition) is 0. The van der Waals surface area contributed by atoms with E-state index < -0.39 is 0 Å². The lowest BCUT2D eigenvalue weighted by molar-refractivity contribution is -0.132. The molecule has 1 aromatic rings. The molecule has 3 heterocycles. The van der Waals surface area contributed by atoms with Crippen molar-refractivity contribution >= 4 is 5.91 Å². The van der Waals surface area contributed by atoms with Gasteiger partial charge in [-0.3, -0.25) is 4.79 Å². The molecule has 0 spiro atoms. The summed E-state index contributed by atoms with van der Waals surface area (Å²) in [4.78, 5) is 20.7. The molecule has 23 heavy (non-hydrogen) atoms. The first-order valence-corrected chi connectivity index (χ1v) is 8.60. The normalized spacial score (nSPS) is 23.3. The van der Waals surface area contributed by atoms with E-state index in [4.69, 9.17) is 9.15 Å². The Kier molecular flexibility index (Phi) is 5.33. The Morgan fingerprint density at radius 2 is 2.17 bits per heavy atom. The minimum absolute atomic E-state index is 0.0961. The quantitative estimate of drug-likeness (QED) is 0.828. The Labute approximate surface area is 137 Å². The van der Waals surface area contributed by atoms with Crippen LogP contribution in [0.5, 0.6) is 0 Å². The van der Waals surface area contributed by atoms with Crippen LogP contribution >= 0.6 is 0 Å². The molecule has 6 nitrogen and oxygen atoms in total. The van der Waals surface area contributed by atoms with Crippen LogP contribution in [-0.2, 0) is 16.1 Å². The number of aromatic nitrogens is 1. The molecular weight excluding hydrogens is 294 g/mol. The molecule has 3 rings (SSSR count). The maximum absolute atomic E-state index is 12.1. The summed E-state index contributed by atoms with van der Waals surface area (Å²) in [6, 6.07) is 0.263. The summed E-state index contributed by atoms with van der Waals surface area (Å²) in [6.45, 7) is 8.92. The lowest BCUT2D eigenvalue weighted by Crippen LogP contribution is -2.41. The molecule has 1 amide bonds. The number of nitrogens with zero attached hydrogens (tertiary/aromatic N) is 3. The summed E-state index contributed by atoms with van der Waals surface area (Å²) in [7, 11) is 0. The molecule has 2 aliphatic rings. The van der Waals surface area contributed by atoms with E-state index in [2.05, 4.69) is 9.88 Å². The van der Waals surface area contributed by atoms with Crippen LogP contribution in [0.3, 0.4) is 0 Å². The van der Waals surface area contributed by atoms with Gasteiger partial charge in [-0.05, 0) is 32.1 Å². The molecule has 1 unspecified atom stereocenters. The second-order valence-corrected chi connectivity index (χ2v) is 6.77. The Bertz CT molecular complexity index is 525. The Morgan fingerprint density at radius 3 is 2.83 bits per heavy atom. The van der Waals surface area contributed by atoms with E-state index in [0.717, 1.165) is 63.8 Å². The van der Waals surface area contributed by atoms with Crippen molar-refractivity contribution in [1.82, 2.24) is 14.8 Å². The van der Waals surface area contributed by atoms with Crippen LogP contribution in [-0.4, -0.2) is 59.6 Å². The number of rotatable bonds is 5. The zero-order valence-corrected chi connectivity index (χ0v) is 14.2. The van der Waals surface area contributed by atoms with Crippen molar-refractivity contribution in [2.75, 3.05) is 32.8 Å². The van der Waals surface area contributed by atoms with Gasteiger partial charge in [-0.1, -0.05) is 0 Å². The van der Waals surface area contributed by atoms with Gasteiger partial charge >= 0.3 is 0 Å². The summed E-state index contributed by atoms with van der Waals surface area (Å²) >= 11 is 0. The average molecular weight is 321 g/mol. The smallest absolute Gasteiger partial charge is 0.220 e. The molecule has 2 fully saturated rings. The van der Waals surface area contributed by atoms with Crippen LogP contribution < -0.4 is 0 Å². The number of aryl methyl sites for hydroxylation is 1. The molecule has 0 bridgehead atoms. The summed E-state index contributed by atoms with van der Waals surface area (Å²) in [5.74, 6) is 2.25. The number of hydrogen-bond acceptors (Lipinski definition) is 5. The minimum atomic E-state index is 0.0961. The fourth-order valence-electron chi connectivity index (χ4n) is 3.64. The van der Waals surface area contributed by atoms with Gasteiger partial charge < -0.3 is 19.0 Å². The van der Waals surface area contributed by atoms with Crippen molar-refractivity contribution in [2.45, 2.75) is 45.7 Å². The third kappa shape index (κ3) is 4.32. The molecule has 1 aromatic heterocycles. The molecule has 0 N–H and O–H groups in total. The first-order chi connectivity index (χ1) is 11.1. The molecule has 0 aromatic carbocycles. The van der Waals surface area contributed by atoms with E-state index >= 15 is 0 Å². The number of carbonyl (C=O) groups excluding carboxylic acids is 1. The van der Waals surface area contributed by atoms with Crippen LogP contribution in [0.1, 0.15) is 37.8 Å². The van der Waals surface area contributed by atoms with Crippen molar-refractivity contribution in [3.63, 3.8) is 0 Å². The molecule has 0 saturated carbocycles. The lowest BCUT2D eigenvalue weighted by Gasteiger charge is -2.29. The van der Waals surface area contributed by atoms with Gasteiger partial charge in [0.05, 0.1) is 12.7 Å². The van der Waals surface area contributed by atoms with Gasteiger partial charge in [0.2, 0.25) is 11.8 Å². The highest BCUT2D eigenvalue weighted by Crippen LogP contribution is 2.22. The summed E-state index contributed by atoms with van der Waals surface area (Å²) in [5.41, 5.74) is 0. The van der Waals surface area contributed by atoms with Crippen molar-refractivity contribution in [2.24, 2.45) is 5.92 Å². The van der Waals surface area contributed by atoms with Gasteiger partial charge in [-0.2, -0.15) is 0 Å². The molecule has 128 valence electrons. The van der Waals surface area contributed by atoms with Crippen LogP contribution in [0.15, 0.2) is 10.6 Å². The number of carbonyl (C=O) groups is 1. The van der Waals surface area contributed by atoms with Crippen LogP contribution in [0.25, 0.3) is 0 Å². The minimum Gasteiger partial charge on any atom is -0.444 e. The molecule has 0 radical (unpaired) electrons. The predicted octanol–water partition coefficient (Wildman–Crippen LogP) is 1.83. The van der Waals surface area contributed by atoms with Gasteiger partial charge in [-0.15, -0.1) is 0 Å². The van der Waals surface area contributed by atoms with Crippen molar-refractivity contribution in [3.8, 4) is 0 Å². The molecule has 2 aliphatic heterocycles. The number of ether oxygens (including phenoxy) is 1. The van der Waals surface area contributed by atoms with E-state index in [1.54, 1.807) is 13.1 Å². The van der Waals surface area contributed by atoms with Gasteiger partial charge in [-0.25, -0.2) is 4.98 Å². The first kappa shape index (κ1) is 16.5. The number of likely N-dealkylation sites (tertiary alicyclic amines) is 1. The summed E-state index contributed by atoms with van der Waals surface area (Å²) in [6.07, 6.45) is 5.06. The van der Waals surface area contributed by atoms with Crippen LogP contribution in [0.4, 0.5) is 0 Å². The SMILES string of the molecule is CC(=O)N(Cc1ncc(C)o1)C1CCN(CC2CCOCC2)C1.